The highest BCUT2D eigenvalue weighted by Gasteiger charge is 2.28. The summed E-state index contributed by atoms with van der Waals surface area (Å²) in [6, 6.07) is 17.7. The highest BCUT2D eigenvalue weighted by Crippen LogP contribution is 2.20. The van der Waals surface area contributed by atoms with E-state index in [9.17, 15) is 13.2 Å². The van der Waals surface area contributed by atoms with Crippen LogP contribution < -0.4 is 5.32 Å². The van der Waals surface area contributed by atoms with Crippen molar-refractivity contribution in [2.45, 2.75) is 11.4 Å². The lowest BCUT2D eigenvalue weighted by Gasteiger charge is -2.31. The van der Waals surface area contributed by atoms with Gasteiger partial charge < -0.3 is 10.2 Å². The number of carbonyl (C=O) groups excluding carboxylic acids is 1. The van der Waals surface area contributed by atoms with Crippen LogP contribution in [0.3, 0.4) is 0 Å². The lowest BCUT2D eigenvalue weighted by molar-refractivity contribution is 0.102. The molecule has 8 nitrogen and oxygen atoms in total. The van der Waals surface area contributed by atoms with E-state index >= 15 is 0 Å². The van der Waals surface area contributed by atoms with Crippen LogP contribution in [0.2, 0.25) is 0 Å². The molecule has 0 spiro atoms. The average molecular weight is 440 g/mol. The van der Waals surface area contributed by atoms with Crippen molar-refractivity contribution >= 4 is 21.7 Å². The Morgan fingerprint density at radius 3 is 2.48 bits per heavy atom. The molecule has 31 heavy (non-hydrogen) atoms. The van der Waals surface area contributed by atoms with Gasteiger partial charge in [-0.25, -0.2) is 13.1 Å². The van der Waals surface area contributed by atoms with E-state index in [4.69, 9.17) is 0 Å². The molecule has 0 bridgehead atoms. The van der Waals surface area contributed by atoms with Gasteiger partial charge >= 0.3 is 0 Å². The molecule has 4 rings (SSSR count). The number of anilines is 1. The van der Waals surface area contributed by atoms with Crippen molar-refractivity contribution in [2.24, 2.45) is 0 Å². The first-order valence-electron chi connectivity index (χ1n) is 10.1. The maximum atomic E-state index is 13.0. The summed E-state index contributed by atoms with van der Waals surface area (Å²) in [6.45, 7) is 2.76. The molecule has 0 unspecified atom stereocenters. The third-order valence-corrected chi connectivity index (χ3v) is 7.22. The number of benzene rings is 2. The fraction of sp³-hybridized carbons (Fsp3) is 0.273. The van der Waals surface area contributed by atoms with Gasteiger partial charge in [0, 0.05) is 37.8 Å². The van der Waals surface area contributed by atoms with Gasteiger partial charge in [-0.3, -0.25) is 4.79 Å². The van der Waals surface area contributed by atoms with Crippen molar-refractivity contribution in [1.29, 1.82) is 0 Å². The van der Waals surface area contributed by atoms with E-state index in [-0.39, 0.29) is 16.4 Å². The number of hydrogen-bond donors (Lipinski definition) is 1. The first kappa shape index (κ1) is 21.2. The van der Waals surface area contributed by atoms with Crippen LogP contribution in [0.15, 0.2) is 71.8 Å². The molecule has 2 heterocycles. The largest absolute Gasteiger partial charge is 0.307 e. The predicted octanol–water partition coefficient (Wildman–Crippen LogP) is 2.12. The number of amides is 1. The van der Waals surface area contributed by atoms with Crippen LogP contribution in [0.5, 0.6) is 0 Å². The Labute approximate surface area is 182 Å². The molecule has 0 aliphatic carbocycles. The Balaban J connectivity index is 1.50. The molecular formula is C22H25N5O3S. The average Bonchev–Trinajstić information content (AvgIpc) is 3.21. The van der Waals surface area contributed by atoms with E-state index in [1.54, 1.807) is 29.1 Å². The van der Waals surface area contributed by atoms with Gasteiger partial charge in [-0.1, -0.05) is 36.4 Å². The first-order chi connectivity index (χ1) is 14.9. The number of aromatic nitrogens is 2. The van der Waals surface area contributed by atoms with Crippen LogP contribution in [0.25, 0.3) is 0 Å². The number of sulfonamides is 1. The number of rotatable bonds is 6. The minimum absolute atomic E-state index is 0.127. The van der Waals surface area contributed by atoms with E-state index in [2.05, 4.69) is 15.3 Å². The third-order valence-electron chi connectivity index (χ3n) is 5.33. The molecule has 0 radical (unpaired) electrons. The predicted molar refractivity (Wildman–Crippen MR) is 118 cm³/mol. The van der Waals surface area contributed by atoms with Gasteiger partial charge in [0.2, 0.25) is 10.0 Å². The second kappa shape index (κ2) is 9.01. The summed E-state index contributed by atoms with van der Waals surface area (Å²) in [6.07, 6.45) is 1.62. The molecule has 0 saturated carbocycles. The number of carbonyl (C=O) groups is 1. The SMILES string of the molecule is CN1CCN(S(=O)(=O)c2cccc(C(=O)Nc3ccnn3Cc3ccccc3)c2)CC1. The monoisotopic (exact) mass is 439 g/mol. The van der Waals surface area contributed by atoms with E-state index in [1.807, 2.05) is 37.4 Å². The Bertz CT molecular complexity index is 1150. The van der Waals surface area contributed by atoms with Gasteiger partial charge in [0.25, 0.3) is 5.91 Å². The quantitative estimate of drug-likeness (QED) is 0.636. The number of hydrogen-bond acceptors (Lipinski definition) is 5. The molecule has 1 aliphatic rings. The number of piperazine rings is 1. The van der Waals surface area contributed by atoms with Gasteiger partial charge in [-0.05, 0) is 30.8 Å². The second-order valence-electron chi connectivity index (χ2n) is 7.55. The lowest BCUT2D eigenvalue weighted by Crippen LogP contribution is -2.47. The van der Waals surface area contributed by atoms with Crippen LogP contribution in [-0.4, -0.2) is 66.5 Å². The molecule has 1 aliphatic heterocycles. The van der Waals surface area contributed by atoms with Crippen molar-refractivity contribution in [3.8, 4) is 0 Å². The molecule has 1 aromatic heterocycles. The summed E-state index contributed by atoms with van der Waals surface area (Å²) in [5.41, 5.74) is 1.34. The molecule has 9 heteroatoms. The summed E-state index contributed by atoms with van der Waals surface area (Å²) in [7, 11) is -1.67. The lowest BCUT2D eigenvalue weighted by atomic mass is 10.2. The van der Waals surface area contributed by atoms with Crippen LogP contribution in [0.4, 0.5) is 5.82 Å². The molecule has 1 fully saturated rings. The Morgan fingerprint density at radius 1 is 1.00 bits per heavy atom. The highest BCUT2D eigenvalue weighted by atomic mass is 32.2. The van der Waals surface area contributed by atoms with Gasteiger partial charge in [-0.15, -0.1) is 0 Å². The zero-order valence-electron chi connectivity index (χ0n) is 17.3. The van der Waals surface area contributed by atoms with Gasteiger partial charge in [0.1, 0.15) is 5.82 Å². The van der Waals surface area contributed by atoms with Crippen molar-refractivity contribution in [2.75, 3.05) is 38.5 Å². The van der Waals surface area contributed by atoms with E-state index in [0.29, 0.717) is 38.5 Å². The number of nitrogens with one attached hydrogen (secondary N) is 1. The Kier molecular flexibility index (Phi) is 6.17. The number of likely N-dealkylation sites (N-methyl/N-ethyl adjacent to an activating group) is 1. The van der Waals surface area contributed by atoms with Gasteiger partial charge in [0.15, 0.2) is 0 Å². The summed E-state index contributed by atoms with van der Waals surface area (Å²) in [5, 5.41) is 7.12. The van der Waals surface area contributed by atoms with Crippen molar-refractivity contribution < 1.29 is 13.2 Å². The molecule has 0 atom stereocenters. The Hall–Kier alpha value is -3.01. The molecule has 3 aromatic rings. The first-order valence-corrected chi connectivity index (χ1v) is 11.5. The van der Waals surface area contributed by atoms with Crippen molar-refractivity contribution in [3.05, 3.63) is 78.0 Å². The standard InChI is InChI=1S/C22H25N5O3S/c1-25-12-14-26(15-13-25)31(29,30)20-9-5-8-19(16-20)22(28)24-21-10-11-23-27(21)17-18-6-3-2-4-7-18/h2-11,16H,12-15,17H2,1H3,(H,24,28). The van der Waals surface area contributed by atoms with E-state index in [1.165, 1.54) is 16.4 Å². The molecule has 1 amide bonds. The summed E-state index contributed by atoms with van der Waals surface area (Å²) in [5.74, 6) is 0.159. The van der Waals surface area contributed by atoms with Gasteiger partial charge in [-0.2, -0.15) is 9.40 Å². The maximum Gasteiger partial charge on any atom is 0.256 e. The molecule has 162 valence electrons. The van der Waals surface area contributed by atoms with Crippen molar-refractivity contribution in [3.63, 3.8) is 0 Å². The third kappa shape index (κ3) is 4.84. The van der Waals surface area contributed by atoms with E-state index < -0.39 is 10.0 Å². The van der Waals surface area contributed by atoms with Crippen molar-refractivity contribution in [1.82, 2.24) is 19.0 Å². The molecule has 2 aromatic carbocycles. The minimum Gasteiger partial charge on any atom is -0.307 e. The molecule has 1 N–H and O–H groups in total. The fourth-order valence-electron chi connectivity index (χ4n) is 3.49. The summed E-state index contributed by atoms with van der Waals surface area (Å²) in [4.78, 5) is 15.1. The van der Waals surface area contributed by atoms with Crippen LogP contribution in [0, 0.1) is 0 Å². The Morgan fingerprint density at radius 2 is 1.74 bits per heavy atom. The van der Waals surface area contributed by atoms with Crippen LogP contribution in [0.1, 0.15) is 15.9 Å². The van der Waals surface area contributed by atoms with E-state index in [0.717, 1.165) is 5.56 Å². The second-order valence-corrected chi connectivity index (χ2v) is 9.49. The highest BCUT2D eigenvalue weighted by molar-refractivity contribution is 7.89. The normalized spacial score (nSPS) is 15.6. The minimum atomic E-state index is -3.64. The maximum absolute atomic E-state index is 13.0. The number of nitrogens with zero attached hydrogens (tertiary/aromatic N) is 4. The zero-order chi connectivity index (χ0) is 21.8. The van der Waals surface area contributed by atoms with Gasteiger partial charge in [0.05, 0.1) is 17.6 Å². The van der Waals surface area contributed by atoms with Crippen LogP contribution in [-0.2, 0) is 16.6 Å². The zero-order valence-corrected chi connectivity index (χ0v) is 18.1. The van der Waals surface area contributed by atoms with Crippen LogP contribution >= 0.6 is 0 Å². The summed E-state index contributed by atoms with van der Waals surface area (Å²) < 4.78 is 29.2. The topological polar surface area (TPSA) is 87.5 Å². The fourth-order valence-corrected chi connectivity index (χ4v) is 4.95. The molecule has 1 saturated heterocycles. The smallest absolute Gasteiger partial charge is 0.256 e. The molecular weight excluding hydrogens is 414 g/mol. The summed E-state index contributed by atoms with van der Waals surface area (Å²) >= 11 is 0.